The Morgan fingerprint density at radius 3 is 2.94 bits per heavy atom. The minimum atomic E-state index is 0.627. The van der Waals surface area contributed by atoms with Crippen LogP contribution in [-0.2, 0) is 6.54 Å². The van der Waals surface area contributed by atoms with Crippen LogP contribution >= 0.6 is 0 Å². The summed E-state index contributed by atoms with van der Waals surface area (Å²) in [4.78, 5) is 17.0. The van der Waals surface area contributed by atoms with Crippen molar-refractivity contribution in [2.75, 3.05) is 6.54 Å². The number of aromatic nitrogens is 4. The zero-order valence-corrected chi connectivity index (χ0v) is 11.0. The van der Waals surface area contributed by atoms with E-state index in [0.29, 0.717) is 5.92 Å². The Kier molecular flexibility index (Phi) is 2.89. The van der Waals surface area contributed by atoms with Gasteiger partial charge in [-0.1, -0.05) is 6.92 Å². The van der Waals surface area contributed by atoms with Crippen LogP contribution in [0.4, 0.5) is 0 Å². The van der Waals surface area contributed by atoms with Gasteiger partial charge in [-0.2, -0.15) is 0 Å². The Hall–Kier alpha value is -1.65. The predicted octanol–water partition coefficient (Wildman–Crippen LogP) is 1.97. The molecule has 2 heterocycles. The largest absolute Gasteiger partial charge is 0.337 e. The summed E-state index contributed by atoms with van der Waals surface area (Å²) in [6.07, 6.45) is 5.44. The summed E-state index contributed by atoms with van der Waals surface area (Å²) in [7, 11) is 0. The molecule has 0 aromatic carbocycles. The first kappa shape index (κ1) is 11.4. The van der Waals surface area contributed by atoms with E-state index in [2.05, 4.69) is 26.5 Å². The lowest BCUT2D eigenvalue weighted by Gasteiger charge is -2.04. The fourth-order valence-corrected chi connectivity index (χ4v) is 2.21. The Morgan fingerprint density at radius 1 is 1.44 bits per heavy atom. The molecule has 2 aromatic heterocycles. The SMILES string of the molecule is CCCn1cnc(=NCC)c2[nH]c(C3CC3)nc21. The highest BCUT2D eigenvalue weighted by molar-refractivity contribution is 5.69. The van der Waals surface area contributed by atoms with Gasteiger partial charge in [-0.05, 0) is 26.2 Å². The first-order valence-electron chi connectivity index (χ1n) is 6.79. The van der Waals surface area contributed by atoms with Crippen LogP contribution in [0, 0.1) is 0 Å². The standard InChI is InChI=1S/C13H19N5/c1-3-7-18-8-15-12(14-4-2)10-13(18)17-11(16-10)9-5-6-9/h8-9H,3-7H2,1-2H3,(H,16,17). The molecule has 1 aliphatic carbocycles. The molecule has 3 rings (SSSR count). The molecule has 0 radical (unpaired) electrons. The van der Waals surface area contributed by atoms with Gasteiger partial charge in [0.05, 0.1) is 6.33 Å². The second-order valence-electron chi connectivity index (χ2n) is 4.83. The summed E-state index contributed by atoms with van der Waals surface area (Å²) in [6, 6.07) is 0. The topological polar surface area (TPSA) is 58.9 Å². The van der Waals surface area contributed by atoms with Crippen LogP contribution in [0.2, 0.25) is 0 Å². The maximum atomic E-state index is 4.74. The van der Waals surface area contributed by atoms with Crippen LogP contribution in [0.15, 0.2) is 11.3 Å². The Labute approximate surface area is 106 Å². The molecule has 1 N–H and O–H groups in total. The molecule has 0 bridgehead atoms. The van der Waals surface area contributed by atoms with Gasteiger partial charge in [0.15, 0.2) is 11.1 Å². The fourth-order valence-electron chi connectivity index (χ4n) is 2.21. The van der Waals surface area contributed by atoms with E-state index in [1.165, 1.54) is 12.8 Å². The van der Waals surface area contributed by atoms with Gasteiger partial charge in [0.2, 0.25) is 0 Å². The number of rotatable bonds is 4. The fraction of sp³-hybridized carbons (Fsp3) is 0.615. The van der Waals surface area contributed by atoms with Crippen molar-refractivity contribution in [3.63, 3.8) is 0 Å². The first-order valence-corrected chi connectivity index (χ1v) is 6.79. The zero-order chi connectivity index (χ0) is 12.5. The number of nitrogens with zero attached hydrogens (tertiary/aromatic N) is 4. The molecule has 1 saturated carbocycles. The van der Waals surface area contributed by atoms with E-state index >= 15 is 0 Å². The number of H-pyrrole nitrogens is 1. The third kappa shape index (κ3) is 1.94. The second-order valence-corrected chi connectivity index (χ2v) is 4.83. The summed E-state index contributed by atoms with van der Waals surface area (Å²) >= 11 is 0. The number of imidazole rings is 1. The van der Waals surface area contributed by atoms with Crippen LogP contribution in [-0.4, -0.2) is 26.1 Å². The number of nitrogens with one attached hydrogen (secondary N) is 1. The van der Waals surface area contributed by atoms with E-state index in [1.54, 1.807) is 0 Å². The highest BCUT2D eigenvalue weighted by atomic mass is 15.1. The smallest absolute Gasteiger partial charge is 0.176 e. The first-order chi connectivity index (χ1) is 8.83. The summed E-state index contributed by atoms with van der Waals surface area (Å²) in [6.45, 7) is 5.89. The monoisotopic (exact) mass is 245 g/mol. The molecule has 0 atom stereocenters. The quantitative estimate of drug-likeness (QED) is 0.895. The van der Waals surface area contributed by atoms with Crippen LogP contribution in [0.1, 0.15) is 44.9 Å². The third-order valence-electron chi connectivity index (χ3n) is 3.25. The molecule has 0 aliphatic heterocycles. The van der Waals surface area contributed by atoms with Gasteiger partial charge < -0.3 is 9.55 Å². The highest BCUT2D eigenvalue weighted by Crippen LogP contribution is 2.38. The molecule has 0 spiro atoms. The molecule has 1 fully saturated rings. The van der Waals surface area contributed by atoms with Crippen LogP contribution in [0.3, 0.4) is 0 Å². The molecular weight excluding hydrogens is 226 g/mol. The van der Waals surface area contributed by atoms with Gasteiger partial charge in [-0.15, -0.1) is 0 Å². The number of aryl methyl sites for hydroxylation is 1. The number of aromatic amines is 1. The number of hydrogen-bond donors (Lipinski definition) is 1. The number of hydrogen-bond acceptors (Lipinski definition) is 3. The van der Waals surface area contributed by atoms with Gasteiger partial charge in [0.1, 0.15) is 11.3 Å². The van der Waals surface area contributed by atoms with Crippen molar-refractivity contribution in [2.45, 2.75) is 45.6 Å². The Balaban J connectivity index is 2.21. The summed E-state index contributed by atoms with van der Waals surface area (Å²) in [5, 5.41) is 0. The molecule has 2 aromatic rings. The van der Waals surface area contributed by atoms with Crippen LogP contribution in [0.25, 0.3) is 11.2 Å². The molecule has 1 aliphatic rings. The lowest BCUT2D eigenvalue weighted by molar-refractivity contribution is 0.676. The lowest BCUT2D eigenvalue weighted by Crippen LogP contribution is -2.14. The Bertz CT molecular complexity index is 618. The Morgan fingerprint density at radius 2 is 2.28 bits per heavy atom. The van der Waals surface area contributed by atoms with Gasteiger partial charge in [-0.3, -0.25) is 4.99 Å². The van der Waals surface area contributed by atoms with Crippen molar-refractivity contribution in [3.8, 4) is 0 Å². The van der Waals surface area contributed by atoms with Gasteiger partial charge in [0, 0.05) is 19.0 Å². The van der Waals surface area contributed by atoms with Crippen molar-refractivity contribution < 1.29 is 0 Å². The maximum absolute atomic E-state index is 4.74. The van der Waals surface area contributed by atoms with Crippen molar-refractivity contribution in [2.24, 2.45) is 4.99 Å². The van der Waals surface area contributed by atoms with E-state index < -0.39 is 0 Å². The molecule has 5 heteroatoms. The molecule has 18 heavy (non-hydrogen) atoms. The second kappa shape index (κ2) is 4.55. The van der Waals surface area contributed by atoms with Gasteiger partial charge >= 0.3 is 0 Å². The van der Waals surface area contributed by atoms with Crippen molar-refractivity contribution in [1.82, 2.24) is 19.5 Å². The molecule has 5 nitrogen and oxygen atoms in total. The van der Waals surface area contributed by atoms with E-state index in [0.717, 1.165) is 42.0 Å². The molecule has 96 valence electrons. The normalized spacial score (nSPS) is 16.7. The number of fused-ring (bicyclic) bond motifs is 1. The van der Waals surface area contributed by atoms with E-state index in [-0.39, 0.29) is 0 Å². The average molecular weight is 245 g/mol. The van der Waals surface area contributed by atoms with Gasteiger partial charge in [-0.25, -0.2) is 9.97 Å². The van der Waals surface area contributed by atoms with E-state index in [1.807, 2.05) is 13.3 Å². The lowest BCUT2D eigenvalue weighted by atomic mass is 10.4. The molecule has 0 saturated heterocycles. The van der Waals surface area contributed by atoms with Gasteiger partial charge in [0.25, 0.3) is 0 Å². The molecule has 0 amide bonds. The minimum absolute atomic E-state index is 0.627. The van der Waals surface area contributed by atoms with Crippen LogP contribution < -0.4 is 5.49 Å². The van der Waals surface area contributed by atoms with E-state index in [4.69, 9.17) is 4.98 Å². The summed E-state index contributed by atoms with van der Waals surface area (Å²) < 4.78 is 2.12. The van der Waals surface area contributed by atoms with Crippen molar-refractivity contribution in [1.29, 1.82) is 0 Å². The third-order valence-corrected chi connectivity index (χ3v) is 3.25. The van der Waals surface area contributed by atoms with E-state index in [9.17, 15) is 0 Å². The highest BCUT2D eigenvalue weighted by Gasteiger charge is 2.27. The molecular formula is C13H19N5. The maximum Gasteiger partial charge on any atom is 0.176 e. The predicted molar refractivity (Wildman–Crippen MR) is 70.2 cm³/mol. The van der Waals surface area contributed by atoms with Crippen molar-refractivity contribution in [3.05, 3.63) is 17.6 Å². The minimum Gasteiger partial charge on any atom is -0.337 e. The average Bonchev–Trinajstić information content (AvgIpc) is 3.12. The summed E-state index contributed by atoms with van der Waals surface area (Å²) in [5.74, 6) is 1.73. The van der Waals surface area contributed by atoms with Crippen LogP contribution in [0.5, 0.6) is 0 Å². The van der Waals surface area contributed by atoms with Crippen molar-refractivity contribution >= 4 is 11.2 Å². The molecule has 0 unspecified atom stereocenters. The summed E-state index contributed by atoms with van der Waals surface area (Å²) in [5.41, 5.74) is 2.79. The zero-order valence-electron chi connectivity index (χ0n) is 11.0.